The highest BCUT2D eigenvalue weighted by Gasteiger charge is 2.19. The number of carbonyl (C=O) groups excluding carboxylic acids is 1. The third-order valence-corrected chi connectivity index (χ3v) is 7.66. The SMILES string of the molecule is COc1ccc(NC(=O)c2ccc(N3CCN(Cc4ccc(-c5cncc(O)c5)c5ccccc45)CC3)cc2)cc1. The van der Waals surface area contributed by atoms with Crippen molar-refractivity contribution in [3.63, 3.8) is 0 Å². The summed E-state index contributed by atoms with van der Waals surface area (Å²) in [7, 11) is 1.62. The summed E-state index contributed by atoms with van der Waals surface area (Å²) in [6, 6.07) is 29.7. The molecule has 1 aromatic heterocycles. The second kappa shape index (κ2) is 11.7. The van der Waals surface area contributed by atoms with Gasteiger partial charge in [0.15, 0.2) is 0 Å². The van der Waals surface area contributed by atoms with Crippen molar-refractivity contribution in [1.82, 2.24) is 9.88 Å². The molecule has 0 atom stereocenters. The molecule has 0 radical (unpaired) electrons. The molecule has 2 heterocycles. The van der Waals surface area contributed by atoms with Crippen molar-refractivity contribution in [2.24, 2.45) is 0 Å². The Balaban J connectivity index is 1.08. The number of benzene rings is 4. The molecule has 0 aliphatic carbocycles. The predicted molar refractivity (Wildman–Crippen MR) is 164 cm³/mol. The molecule has 0 bridgehead atoms. The summed E-state index contributed by atoms with van der Waals surface area (Å²) in [5.74, 6) is 0.784. The molecule has 7 nitrogen and oxygen atoms in total. The van der Waals surface area contributed by atoms with Crippen LogP contribution in [-0.2, 0) is 6.54 Å². The van der Waals surface area contributed by atoms with E-state index in [1.807, 2.05) is 48.5 Å². The van der Waals surface area contributed by atoms with Gasteiger partial charge in [-0.15, -0.1) is 0 Å². The third-order valence-electron chi connectivity index (χ3n) is 7.66. The van der Waals surface area contributed by atoms with E-state index in [1.165, 1.54) is 17.1 Å². The minimum absolute atomic E-state index is 0.134. The number of rotatable bonds is 7. The first-order valence-corrected chi connectivity index (χ1v) is 13.8. The monoisotopic (exact) mass is 544 g/mol. The zero-order valence-corrected chi connectivity index (χ0v) is 23.0. The van der Waals surface area contributed by atoms with Crippen LogP contribution in [0.4, 0.5) is 11.4 Å². The molecular weight excluding hydrogens is 512 g/mol. The minimum Gasteiger partial charge on any atom is -0.506 e. The lowest BCUT2D eigenvalue weighted by Gasteiger charge is -2.36. The van der Waals surface area contributed by atoms with Crippen LogP contribution >= 0.6 is 0 Å². The molecule has 1 aliphatic heterocycles. The Kier molecular flexibility index (Phi) is 7.52. The van der Waals surface area contributed by atoms with Crippen LogP contribution in [0.1, 0.15) is 15.9 Å². The molecule has 41 heavy (non-hydrogen) atoms. The number of hydrogen-bond acceptors (Lipinski definition) is 6. The van der Waals surface area contributed by atoms with Gasteiger partial charge in [0.25, 0.3) is 5.91 Å². The van der Waals surface area contributed by atoms with Crippen molar-refractivity contribution < 1.29 is 14.6 Å². The van der Waals surface area contributed by atoms with Crippen LogP contribution in [0.25, 0.3) is 21.9 Å². The number of nitrogens with one attached hydrogen (secondary N) is 1. The number of piperazine rings is 1. The Hall–Kier alpha value is -4.88. The topological polar surface area (TPSA) is 77.9 Å². The van der Waals surface area contributed by atoms with Crippen molar-refractivity contribution in [3.8, 4) is 22.6 Å². The van der Waals surface area contributed by atoms with Crippen molar-refractivity contribution in [2.45, 2.75) is 6.54 Å². The van der Waals surface area contributed by atoms with Gasteiger partial charge in [-0.3, -0.25) is 14.7 Å². The summed E-state index contributed by atoms with van der Waals surface area (Å²) in [4.78, 5) is 21.7. The largest absolute Gasteiger partial charge is 0.506 e. The number of amides is 1. The van der Waals surface area contributed by atoms with Gasteiger partial charge in [-0.25, -0.2) is 0 Å². The molecule has 4 aromatic carbocycles. The first-order valence-electron chi connectivity index (χ1n) is 13.8. The van der Waals surface area contributed by atoms with Gasteiger partial charge in [-0.1, -0.05) is 36.4 Å². The van der Waals surface area contributed by atoms with Crippen molar-refractivity contribution in [3.05, 3.63) is 115 Å². The predicted octanol–water partition coefficient (Wildman–Crippen LogP) is 6.19. The van der Waals surface area contributed by atoms with E-state index < -0.39 is 0 Å². The van der Waals surface area contributed by atoms with Crippen LogP contribution in [-0.4, -0.2) is 54.2 Å². The normalized spacial score (nSPS) is 13.7. The van der Waals surface area contributed by atoms with E-state index in [4.69, 9.17) is 4.74 Å². The average molecular weight is 545 g/mol. The second-order valence-electron chi connectivity index (χ2n) is 10.2. The molecule has 2 N–H and O–H groups in total. The molecule has 1 aliphatic rings. The molecule has 1 saturated heterocycles. The smallest absolute Gasteiger partial charge is 0.255 e. The number of aromatic hydroxyl groups is 1. The Morgan fingerprint density at radius 2 is 1.61 bits per heavy atom. The Morgan fingerprint density at radius 1 is 0.878 bits per heavy atom. The van der Waals surface area contributed by atoms with Gasteiger partial charge in [0.05, 0.1) is 13.3 Å². The minimum atomic E-state index is -0.134. The summed E-state index contributed by atoms with van der Waals surface area (Å²) in [5, 5.41) is 15.3. The van der Waals surface area contributed by atoms with Gasteiger partial charge < -0.3 is 20.1 Å². The Morgan fingerprint density at radius 3 is 2.32 bits per heavy atom. The summed E-state index contributed by atoms with van der Waals surface area (Å²) in [5.41, 5.74) is 5.75. The lowest BCUT2D eigenvalue weighted by atomic mass is 9.95. The van der Waals surface area contributed by atoms with Crippen molar-refractivity contribution >= 4 is 28.1 Å². The van der Waals surface area contributed by atoms with Gasteiger partial charge in [-0.05, 0) is 76.5 Å². The molecule has 7 heteroatoms. The molecule has 0 saturated carbocycles. The number of carbonyl (C=O) groups is 1. The van der Waals surface area contributed by atoms with Crippen LogP contribution in [0.2, 0.25) is 0 Å². The molecule has 1 amide bonds. The third kappa shape index (κ3) is 5.85. The number of nitrogens with zero attached hydrogens (tertiary/aromatic N) is 3. The number of aromatic nitrogens is 1. The maximum Gasteiger partial charge on any atom is 0.255 e. The van der Waals surface area contributed by atoms with Gasteiger partial charge in [-0.2, -0.15) is 0 Å². The van der Waals surface area contributed by atoms with Crippen LogP contribution in [0.3, 0.4) is 0 Å². The molecule has 0 spiro atoms. The maximum atomic E-state index is 12.7. The number of methoxy groups -OCH3 is 1. The fourth-order valence-electron chi connectivity index (χ4n) is 5.43. The fourth-order valence-corrected chi connectivity index (χ4v) is 5.43. The summed E-state index contributed by atoms with van der Waals surface area (Å²) in [6.45, 7) is 4.61. The highest BCUT2D eigenvalue weighted by molar-refractivity contribution is 6.04. The summed E-state index contributed by atoms with van der Waals surface area (Å²) < 4.78 is 5.18. The maximum absolute atomic E-state index is 12.7. The van der Waals surface area contributed by atoms with Crippen LogP contribution < -0.4 is 15.0 Å². The number of pyridine rings is 1. The van der Waals surface area contributed by atoms with Crippen molar-refractivity contribution in [1.29, 1.82) is 0 Å². The Labute approximate surface area is 239 Å². The van der Waals surface area contributed by atoms with Crippen LogP contribution in [0, 0.1) is 0 Å². The van der Waals surface area contributed by atoms with E-state index in [1.54, 1.807) is 19.4 Å². The average Bonchev–Trinajstić information content (AvgIpc) is 3.02. The van der Waals surface area contributed by atoms with Gasteiger partial charge in [0, 0.05) is 61.4 Å². The molecule has 0 unspecified atom stereocenters. The zero-order valence-electron chi connectivity index (χ0n) is 23.0. The second-order valence-corrected chi connectivity index (χ2v) is 10.2. The molecule has 1 fully saturated rings. The fraction of sp³-hybridized carbons (Fsp3) is 0.176. The lowest BCUT2D eigenvalue weighted by molar-refractivity contribution is 0.102. The van der Waals surface area contributed by atoms with Gasteiger partial charge in [0.2, 0.25) is 0 Å². The first kappa shape index (κ1) is 26.3. The van der Waals surface area contributed by atoms with E-state index in [9.17, 15) is 9.90 Å². The van der Waals surface area contributed by atoms with Crippen LogP contribution in [0.15, 0.2) is 103 Å². The molecule has 6 rings (SSSR count). The zero-order chi connectivity index (χ0) is 28.2. The van der Waals surface area contributed by atoms with Crippen molar-refractivity contribution in [2.75, 3.05) is 43.5 Å². The first-order chi connectivity index (χ1) is 20.1. The number of fused-ring (bicyclic) bond motifs is 1. The van der Waals surface area contributed by atoms with Gasteiger partial charge >= 0.3 is 0 Å². The standard InChI is InChI=1S/C34H32N4O3/c1-41-30-13-9-27(10-14-30)36-34(40)24-6-11-28(12-7-24)38-18-16-37(17-19-38)23-25-8-15-32(26-20-29(39)22-35-21-26)33-5-3-2-4-31(25)33/h2-15,20-22,39H,16-19,23H2,1H3,(H,36,40). The molecule has 5 aromatic rings. The number of ether oxygens (including phenoxy) is 1. The van der Waals surface area contributed by atoms with E-state index in [0.717, 1.165) is 66.4 Å². The molecular formula is C34H32N4O3. The van der Waals surface area contributed by atoms with E-state index in [-0.39, 0.29) is 11.7 Å². The van der Waals surface area contributed by atoms with E-state index in [0.29, 0.717) is 5.56 Å². The number of hydrogen-bond donors (Lipinski definition) is 2. The Bertz CT molecular complexity index is 1660. The summed E-state index contributed by atoms with van der Waals surface area (Å²) in [6.07, 6.45) is 3.25. The highest BCUT2D eigenvalue weighted by Crippen LogP contribution is 2.32. The molecule has 206 valence electrons. The van der Waals surface area contributed by atoms with Gasteiger partial charge in [0.1, 0.15) is 11.5 Å². The lowest BCUT2D eigenvalue weighted by Crippen LogP contribution is -2.46. The number of anilines is 2. The quantitative estimate of drug-likeness (QED) is 0.254. The highest BCUT2D eigenvalue weighted by atomic mass is 16.5. The van der Waals surface area contributed by atoms with E-state index in [2.05, 4.69) is 56.5 Å². The summed E-state index contributed by atoms with van der Waals surface area (Å²) >= 11 is 0. The van der Waals surface area contributed by atoms with Crippen LogP contribution in [0.5, 0.6) is 11.5 Å². The van der Waals surface area contributed by atoms with E-state index >= 15 is 0 Å².